The number of amides is 1. The minimum atomic E-state index is 0.126. The van der Waals surface area contributed by atoms with Crippen molar-refractivity contribution in [1.82, 2.24) is 0 Å². The van der Waals surface area contributed by atoms with Crippen molar-refractivity contribution < 1.29 is 9.53 Å². The minimum Gasteiger partial charge on any atom is -0.490 e. The molecule has 1 aromatic rings. The van der Waals surface area contributed by atoms with Crippen LogP contribution in [-0.2, 0) is 4.79 Å². The molecule has 4 nitrogen and oxygen atoms in total. The largest absolute Gasteiger partial charge is 0.490 e. The smallest absolute Gasteiger partial charge is 0.227 e. The van der Waals surface area contributed by atoms with E-state index in [1.165, 1.54) is 19.3 Å². The molecule has 0 atom stereocenters. The Balaban J connectivity index is 1.97. The van der Waals surface area contributed by atoms with Crippen molar-refractivity contribution in [3.63, 3.8) is 0 Å². The highest BCUT2D eigenvalue weighted by molar-refractivity contribution is 5.93. The third-order valence-electron chi connectivity index (χ3n) is 4.00. The molecule has 1 aliphatic rings. The average molecular weight is 290 g/mol. The zero-order chi connectivity index (χ0) is 14.9. The molecule has 1 aromatic carbocycles. The van der Waals surface area contributed by atoms with E-state index >= 15 is 0 Å². The number of hydrogen-bond donors (Lipinski definition) is 2. The van der Waals surface area contributed by atoms with E-state index < -0.39 is 0 Å². The summed E-state index contributed by atoms with van der Waals surface area (Å²) >= 11 is 0. The van der Waals surface area contributed by atoms with Crippen molar-refractivity contribution in [3.8, 4) is 5.75 Å². The number of carbonyl (C=O) groups excluding carboxylic acids is 1. The van der Waals surface area contributed by atoms with Crippen LogP contribution in [0.5, 0.6) is 5.75 Å². The molecule has 0 aromatic heterocycles. The molecule has 1 fully saturated rings. The number of para-hydroxylation sites is 2. The second-order valence-corrected chi connectivity index (χ2v) is 5.66. The summed E-state index contributed by atoms with van der Waals surface area (Å²) in [7, 11) is 0. The molecule has 0 spiro atoms. The third-order valence-corrected chi connectivity index (χ3v) is 4.00. The van der Waals surface area contributed by atoms with Crippen LogP contribution in [0.3, 0.4) is 0 Å². The first-order valence-electron chi connectivity index (χ1n) is 8.04. The summed E-state index contributed by atoms with van der Waals surface area (Å²) in [5, 5.41) is 3.03. The second-order valence-electron chi connectivity index (χ2n) is 5.66. The van der Waals surface area contributed by atoms with E-state index in [9.17, 15) is 4.79 Å². The van der Waals surface area contributed by atoms with Gasteiger partial charge in [-0.25, -0.2) is 0 Å². The molecule has 0 heterocycles. The van der Waals surface area contributed by atoms with Gasteiger partial charge in [-0.15, -0.1) is 0 Å². The van der Waals surface area contributed by atoms with Gasteiger partial charge in [-0.2, -0.15) is 0 Å². The van der Waals surface area contributed by atoms with Gasteiger partial charge in [-0.3, -0.25) is 4.79 Å². The summed E-state index contributed by atoms with van der Waals surface area (Å²) < 4.78 is 5.58. The highest BCUT2D eigenvalue weighted by atomic mass is 16.5. The van der Waals surface area contributed by atoms with Crippen molar-refractivity contribution in [2.45, 2.75) is 44.9 Å². The first-order valence-corrected chi connectivity index (χ1v) is 8.04. The normalized spacial score (nSPS) is 16.8. The molecule has 0 unspecified atom stereocenters. The fraction of sp³-hybridized carbons (Fsp3) is 0.588. The van der Waals surface area contributed by atoms with Crippen LogP contribution in [0.2, 0.25) is 0 Å². The molecule has 0 saturated heterocycles. The first-order chi connectivity index (χ1) is 10.3. The molecule has 0 aliphatic heterocycles. The summed E-state index contributed by atoms with van der Waals surface area (Å²) in [6.07, 6.45) is 8.12. The lowest BCUT2D eigenvalue weighted by Crippen LogP contribution is -2.24. The number of carbonyl (C=O) groups is 1. The van der Waals surface area contributed by atoms with Gasteiger partial charge < -0.3 is 15.8 Å². The lowest BCUT2D eigenvalue weighted by Gasteiger charge is -2.20. The van der Waals surface area contributed by atoms with Crippen LogP contribution >= 0.6 is 0 Å². The number of rotatable bonds is 5. The number of benzene rings is 1. The Bertz CT molecular complexity index is 440. The molecular weight excluding hydrogens is 264 g/mol. The standard InChI is InChI=1S/C17H26N2O2/c18-12-13-21-16-11-7-6-10-15(16)19-17(20)14-8-4-2-1-3-5-9-14/h6-7,10-11,14H,1-5,8-9,12-13,18H2,(H,19,20). The van der Waals surface area contributed by atoms with E-state index in [0.717, 1.165) is 31.4 Å². The molecule has 3 N–H and O–H groups in total. The Morgan fingerprint density at radius 2 is 1.81 bits per heavy atom. The molecule has 116 valence electrons. The van der Waals surface area contributed by atoms with Gasteiger partial charge in [0.05, 0.1) is 5.69 Å². The van der Waals surface area contributed by atoms with E-state index in [1.54, 1.807) is 0 Å². The minimum absolute atomic E-state index is 0.126. The third kappa shape index (κ3) is 5.05. The van der Waals surface area contributed by atoms with E-state index in [1.807, 2.05) is 24.3 Å². The van der Waals surface area contributed by atoms with Crippen LogP contribution < -0.4 is 15.8 Å². The summed E-state index contributed by atoms with van der Waals surface area (Å²) in [5.74, 6) is 0.954. The van der Waals surface area contributed by atoms with Gasteiger partial charge in [0.25, 0.3) is 0 Å². The monoisotopic (exact) mass is 290 g/mol. The average Bonchev–Trinajstić information content (AvgIpc) is 2.46. The number of anilines is 1. The van der Waals surface area contributed by atoms with Crippen LogP contribution in [0.15, 0.2) is 24.3 Å². The van der Waals surface area contributed by atoms with Gasteiger partial charge in [-0.1, -0.05) is 44.2 Å². The van der Waals surface area contributed by atoms with Crippen LogP contribution in [0.4, 0.5) is 5.69 Å². The highest BCUT2D eigenvalue weighted by Crippen LogP contribution is 2.27. The van der Waals surface area contributed by atoms with Crippen LogP contribution in [0.1, 0.15) is 44.9 Å². The second kappa shape index (κ2) is 8.67. The highest BCUT2D eigenvalue weighted by Gasteiger charge is 2.20. The van der Waals surface area contributed by atoms with Crippen LogP contribution in [0.25, 0.3) is 0 Å². The van der Waals surface area contributed by atoms with Gasteiger partial charge >= 0.3 is 0 Å². The van der Waals surface area contributed by atoms with Gasteiger partial charge in [0.1, 0.15) is 12.4 Å². The number of ether oxygens (including phenoxy) is 1. The van der Waals surface area contributed by atoms with E-state index in [0.29, 0.717) is 18.9 Å². The fourth-order valence-electron chi connectivity index (χ4n) is 2.82. The van der Waals surface area contributed by atoms with Gasteiger partial charge in [0, 0.05) is 12.5 Å². The molecule has 2 rings (SSSR count). The molecule has 1 saturated carbocycles. The number of nitrogens with two attached hydrogens (primary N) is 1. The van der Waals surface area contributed by atoms with Crippen molar-refractivity contribution in [3.05, 3.63) is 24.3 Å². The lowest BCUT2D eigenvalue weighted by molar-refractivity contribution is -0.120. The van der Waals surface area contributed by atoms with Gasteiger partial charge in [0.15, 0.2) is 0 Å². The molecule has 1 amide bonds. The van der Waals surface area contributed by atoms with E-state index in [-0.39, 0.29) is 11.8 Å². The van der Waals surface area contributed by atoms with Crippen molar-refractivity contribution in [2.24, 2.45) is 11.7 Å². The zero-order valence-electron chi connectivity index (χ0n) is 12.6. The van der Waals surface area contributed by atoms with E-state index in [2.05, 4.69) is 5.32 Å². The molecule has 4 heteroatoms. The molecule has 21 heavy (non-hydrogen) atoms. The van der Waals surface area contributed by atoms with Gasteiger partial charge in [0.2, 0.25) is 5.91 Å². The van der Waals surface area contributed by atoms with Crippen LogP contribution in [-0.4, -0.2) is 19.1 Å². The maximum Gasteiger partial charge on any atom is 0.227 e. The summed E-state index contributed by atoms with van der Waals surface area (Å²) in [4.78, 5) is 12.5. The Kier molecular flexibility index (Phi) is 6.54. The van der Waals surface area contributed by atoms with Gasteiger partial charge in [-0.05, 0) is 25.0 Å². The number of nitrogens with one attached hydrogen (secondary N) is 1. The van der Waals surface area contributed by atoms with Crippen molar-refractivity contribution in [2.75, 3.05) is 18.5 Å². The first kappa shape index (κ1) is 15.8. The van der Waals surface area contributed by atoms with Crippen molar-refractivity contribution >= 4 is 11.6 Å². The summed E-state index contributed by atoms with van der Waals surface area (Å²) in [6, 6.07) is 7.55. The predicted octanol–water partition coefficient (Wildman–Crippen LogP) is 3.32. The topological polar surface area (TPSA) is 64.3 Å². The molecule has 1 aliphatic carbocycles. The lowest BCUT2D eigenvalue weighted by atomic mass is 9.90. The maximum atomic E-state index is 12.5. The summed E-state index contributed by atoms with van der Waals surface area (Å²) in [6.45, 7) is 0.918. The molecular formula is C17H26N2O2. The predicted molar refractivity (Wildman–Crippen MR) is 85.4 cm³/mol. The fourth-order valence-corrected chi connectivity index (χ4v) is 2.82. The Hall–Kier alpha value is -1.55. The molecule has 0 bridgehead atoms. The SMILES string of the molecule is NCCOc1ccccc1NC(=O)C1CCCCCCC1. The van der Waals surface area contributed by atoms with Crippen molar-refractivity contribution in [1.29, 1.82) is 0 Å². The Morgan fingerprint density at radius 1 is 1.14 bits per heavy atom. The Labute approximate surface area is 127 Å². The maximum absolute atomic E-state index is 12.5. The van der Waals surface area contributed by atoms with Crippen LogP contribution in [0, 0.1) is 5.92 Å². The zero-order valence-corrected chi connectivity index (χ0v) is 12.6. The van der Waals surface area contributed by atoms with E-state index in [4.69, 9.17) is 10.5 Å². The molecule has 0 radical (unpaired) electrons. The number of hydrogen-bond acceptors (Lipinski definition) is 3. The Morgan fingerprint density at radius 3 is 2.52 bits per heavy atom. The quantitative estimate of drug-likeness (QED) is 0.874. The summed E-state index contributed by atoms with van der Waals surface area (Å²) in [5.41, 5.74) is 6.21.